The van der Waals surface area contributed by atoms with Crippen molar-refractivity contribution in [3.63, 3.8) is 0 Å². The number of rotatable bonds is 3. The van der Waals surface area contributed by atoms with Gasteiger partial charge in [0.15, 0.2) is 5.82 Å². The fourth-order valence-electron chi connectivity index (χ4n) is 2.43. The predicted molar refractivity (Wildman–Crippen MR) is 73.9 cm³/mol. The van der Waals surface area contributed by atoms with Gasteiger partial charge in [0.1, 0.15) is 0 Å². The maximum atomic E-state index is 11.0. The molecule has 1 fully saturated rings. The number of nitrogen functional groups attached to an aromatic ring is 1. The van der Waals surface area contributed by atoms with Gasteiger partial charge >= 0.3 is 0 Å². The van der Waals surface area contributed by atoms with E-state index in [1.54, 1.807) is 23.7 Å². The summed E-state index contributed by atoms with van der Waals surface area (Å²) in [6, 6.07) is 3.34. The zero-order valence-electron chi connectivity index (χ0n) is 11.3. The first-order chi connectivity index (χ1) is 9.49. The van der Waals surface area contributed by atoms with Gasteiger partial charge in [-0.05, 0) is 38.3 Å². The summed E-state index contributed by atoms with van der Waals surface area (Å²) in [5, 5.41) is 19.0. The molecule has 1 heterocycles. The van der Waals surface area contributed by atoms with E-state index in [-0.39, 0.29) is 10.6 Å². The highest BCUT2D eigenvalue weighted by atomic mass is 16.6. The van der Waals surface area contributed by atoms with Gasteiger partial charge in [-0.3, -0.25) is 10.1 Å². The molecule has 1 aromatic heterocycles. The largest absolute Gasteiger partial charge is 0.381 e. The van der Waals surface area contributed by atoms with Gasteiger partial charge in [-0.25, -0.2) is 4.68 Å². The van der Waals surface area contributed by atoms with Gasteiger partial charge in [0, 0.05) is 17.5 Å². The van der Waals surface area contributed by atoms with Crippen LogP contribution in [0.2, 0.25) is 0 Å². The van der Waals surface area contributed by atoms with E-state index in [1.807, 2.05) is 6.92 Å². The van der Waals surface area contributed by atoms with Crippen LogP contribution in [0.1, 0.15) is 35.6 Å². The zero-order valence-corrected chi connectivity index (χ0v) is 11.3. The number of benzene rings is 1. The normalized spacial score (nSPS) is 14.5. The van der Waals surface area contributed by atoms with Crippen LogP contribution in [0, 0.1) is 24.0 Å². The highest BCUT2D eigenvalue weighted by molar-refractivity contribution is 5.55. The van der Waals surface area contributed by atoms with Crippen molar-refractivity contribution in [2.24, 2.45) is 0 Å². The Morgan fingerprint density at radius 1 is 1.35 bits per heavy atom. The second-order valence-electron chi connectivity index (χ2n) is 5.23. The number of aryl methyl sites for hydroxylation is 2. The van der Waals surface area contributed by atoms with Gasteiger partial charge in [-0.2, -0.15) is 0 Å². The van der Waals surface area contributed by atoms with E-state index in [0.717, 1.165) is 29.8 Å². The Balaban J connectivity index is 2.16. The van der Waals surface area contributed by atoms with Crippen LogP contribution in [0.15, 0.2) is 12.1 Å². The molecular formula is C13H15N5O2. The molecule has 0 spiro atoms. The van der Waals surface area contributed by atoms with Gasteiger partial charge in [0.2, 0.25) is 0 Å². The van der Waals surface area contributed by atoms with Crippen LogP contribution in [0.25, 0.3) is 5.69 Å². The van der Waals surface area contributed by atoms with E-state index in [0.29, 0.717) is 17.3 Å². The number of nitro groups is 1. The number of anilines is 1. The number of nitrogens with two attached hydrogens (primary N) is 1. The van der Waals surface area contributed by atoms with Crippen LogP contribution in [-0.4, -0.2) is 19.9 Å². The summed E-state index contributed by atoms with van der Waals surface area (Å²) in [5.41, 5.74) is 9.11. The van der Waals surface area contributed by atoms with Crippen molar-refractivity contribution in [2.75, 3.05) is 5.73 Å². The van der Waals surface area contributed by atoms with Crippen LogP contribution < -0.4 is 5.73 Å². The summed E-state index contributed by atoms with van der Waals surface area (Å²) >= 11 is 0. The number of aromatic nitrogens is 3. The molecule has 1 aromatic carbocycles. The SMILES string of the molecule is Cc1cc([N+](=O)[O-])c(C)cc1-n1nnc(N)c1C1CC1. The van der Waals surface area contributed by atoms with Crippen molar-refractivity contribution >= 4 is 11.5 Å². The molecule has 0 atom stereocenters. The lowest BCUT2D eigenvalue weighted by Crippen LogP contribution is -2.06. The van der Waals surface area contributed by atoms with Crippen molar-refractivity contribution < 1.29 is 4.92 Å². The molecule has 20 heavy (non-hydrogen) atoms. The highest BCUT2D eigenvalue weighted by Crippen LogP contribution is 2.43. The van der Waals surface area contributed by atoms with Gasteiger partial charge in [0.25, 0.3) is 5.69 Å². The molecule has 1 aliphatic rings. The first-order valence-electron chi connectivity index (χ1n) is 6.46. The van der Waals surface area contributed by atoms with Crippen molar-refractivity contribution in [1.82, 2.24) is 15.0 Å². The maximum Gasteiger partial charge on any atom is 0.272 e. The molecule has 0 unspecified atom stereocenters. The minimum Gasteiger partial charge on any atom is -0.381 e. The number of hydrogen-bond acceptors (Lipinski definition) is 5. The molecule has 0 saturated heterocycles. The molecule has 2 N–H and O–H groups in total. The molecule has 0 aliphatic heterocycles. The van der Waals surface area contributed by atoms with E-state index in [1.165, 1.54) is 0 Å². The number of nitro benzene ring substituents is 1. The molecule has 0 radical (unpaired) electrons. The highest BCUT2D eigenvalue weighted by Gasteiger charge is 2.31. The van der Waals surface area contributed by atoms with Gasteiger partial charge < -0.3 is 5.73 Å². The number of nitrogens with zero attached hydrogens (tertiary/aromatic N) is 4. The average molecular weight is 273 g/mol. The average Bonchev–Trinajstić information content (AvgIpc) is 3.15. The Kier molecular flexibility index (Phi) is 2.70. The fourth-order valence-corrected chi connectivity index (χ4v) is 2.43. The summed E-state index contributed by atoms with van der Waals surface area (Å²) < 4.78 is 1.72. The second-order valence-corrected chi connectivity index (χ2v) is 5.23. The van der Waals surface area contributed by atoms with E-state index >= 15 is 0 Å². The van der Waals surface area contributed by atoms with E-state index in [4.69, 9.17) is 5.73 Å². The summed E-state index contributed by atoms with van der Waals surface area (Å²) in [6.45, 7) is 3.55. The lowest BCUT2D eigenvalue weighted by molar-refractivity contribution is -0.385. The topological polar surface area (TPSA) is 99.9 Å². The standard InChI is InChI=1S/C13H15N5O2/c1-7-6-11(18(19)20)8(2)5-10(7)17-12(9-3-4-9)13(14)15-16-17/h5-6,9H,3-4,14H2,1-2H3. The minimum atomic E-state index is -0.371. The van der Waals surface area contributed by atoms with Crippen molar-refractivity contribution in [3.8, 4) is 5.69 Å². The summed E-state index contributed by atoms with van der Waals surface area (Å²) in [5.74, 6) is 0.850. The molecule has 0 amide bonds. The van der Waals surface area contributed by atoms with Gasteiger partial charge in [0.05, 0.1) is 16.3 Å². The molecular weight excluding hydrogens is 258 g/mol. The third-order valence-electron chi connectivity index (χ3n) is 3.64. The molecule has 7 nitrogen and oxygen atoms in total. The van der Waals surface area contributed by atoms with Crippen molar-refractivity contribution in [1.29, 1.82) is 0 Å². The van der Waals surface area contributed by atoms with Gasteiger partial charge in [-0.1, -0.05) is 5.21 Å². The number of hydrogen-bond donors (Lipinski definition) is 1. The fraction of sp³-hybridized carbons (Fsp3) is 0.385. The smallest absolute Gasteiger partial charge is 0.272 e. The molecule has 1 saturated carbocycles. The van der Waals surface area contributed by atoms with Crippen LogP contribution in [0.3, 0.4) is 0 Å². The third-order valence-corrected chi connectivity index (χ3v) is 3.64. The molecule has 2 aromatic rings. The Hall–Kier alpha value is -2.44. The Morgan fingerprint density at radius 2 is 2.05 bits per heavy atom. The molecule has 7 heteroatoms. The molecule has 1 aliphatic carbocycles. The second kappa shape index (κ2) is 4.29. The Bertz CT molecular complexity index is 703. The summed E-state index contributed by atoms with van der Waals surface area (Å²) in [6.07, 6.45) is 2.17. The first kappa shape index (κ1) is 12.6. The van der Waals surface area contributed by atoms with Crippen LogP contribution in [0.4, 0.5) is 11.5 Å². The van der Waals surface area contributed by atoms with Crippen molar-refractivity contribution in [2.45, 2.75) is 32.6 Å². The summed E-state index contributed by atoms with van der Waals surface area (Å²) in [7, 11) is 0. The first-order valence-corrected chi connectivity index (χ1v) is 6.46. The van der Waals surface area contributed by atoms with E-state index in [9.17, 15) is 10.1 Å². The molecule has 104 valence electrons. The van der Waals surface area contributed by atoms with E-state index in [2.05, 4.69) is 10.3 Å². The van der Waals surface area contributed by atoms with Crippen LogP contribution >= 0.6 is 0 Å². The maximum absolute atomic E-state index is 11.0. The molecule has 0 bridgehead atoms. The third kappa shape index (κ3) is 1.91. The predicted octanol–water partition coefficient (Wildman–Crippen LogP) is 2.25. The minimum absolute atomic E-state index is 0.118. The van der Waals surface area contributed by atoms with Crippen LogP contribution in [0.5, 0.6) is 0 Å². The lowest BCUT2D eigenvalue weighted by atomic mass is 10.1. The molecule has 3 rings (SSSR count). The Labute approximate surface area is 115 Å². The quantitative estimate of drug-likeness (QED) is 0.682. The van der Waals surface area contributed by atoms with Gasteiger partial charge in [-0.15, -0.1) is 5.10 Å². The van der Waals surface area contributed by atoms with E-state index < -0.39 is 0 Å². The van der Waals surface area contributed by atoms with Crippen molar-refractivity contribution in [3.05, 3.63) is 39.1 Å². The lowest BCUT2D eigenvalue weighted by Gasteiger charge is -2.10. The zero-order chi connectivity index (χ0) is 14.4. The monoisotopic (exact) mass is 273 g/mol. The van der Waals surface area contributed by atoms with Crippen LogP contribution in [-0.2, 0) is 0 Å². The summed E-state index contributed by atoms with van der Waals surface area (Å²) in [4.78, 5) is 10.6. The Morgan fingerprint density at radius 3 is 2.65 bits per heavy atom.